The van der Waals surface area contributed by atoms with E-state index in [1.54, 1.807) is 24.3 Å². The lowest BCUT2D eigenvalue weighted by atomic mass is 9.89. The summed E-state index contributed by atoms with van der Waals surface area (Å²) in [5.41, 5.74) is 5.20. The standard InChI is InChI=1S/C25H28N4O2/c1-3-24(20-9-8-18-6-4-5-7-19(18)14-20)27-16-21(15-26)25(31)29-23-12-10-22(11-13-23)28-17(2)30/h8-14,16,24,27H,3-7H2,1-2H3,(H,28,30)(H,29,31)/b21-16-. The number of fused-ring (bicyclic) bond motifs is 1. The summed E-state index contributed by atoms with van der Waals surface area (Å²) in [5, 5.41) is 18.1. The Balaban J connectivity index is 1.66. The molecule has 2 aromatic rings. The van der Waals surface area contributed by atoms with Gasteiger partial charge in [-0.3, -0.25) is 9.59 Å². The van der Waals surface area contributed by atoms with Gasteiger partial charge in [-0.1, -0.05) is 25.1 Å². The van der Waals surface area contributed by atoms with Gasteiger partial charge in [0.25, 0.3) is 5.91 Å². The summed E-state index contributed by atoms with van der Waals surface area (Å²) in [5.74, 6) is -0.649. The lowest BCUT2D eigenvalue weighted by Gasteiger charge is -2.21. The molecule has 0 spiro atoms. The Kier molecular flexibility index (Phi) is 7.45. The highest BCUT2D eigenvalue weighted by atomic mass is 16.2. The fourth-order valence-electron chi connectivity index (χ4n) is 3.79. The van der Waals surface area contributed by atoms with Crippen LogP contribution in [0.5, 0.6) is 0 Å². The summed E-state index contributed by atoms with van der Waals surface area (Å²) in [4.78, 5) is 23.6. The summed E-state index contributed by atoms with van der Waals surface area (Å²) in [7, 11) is 0. The van der Waals surface area contributed by atoms with E-state index in [2.05, 4.69) is 41.1 Å². The van der Waals surface area contributed by atoms with Gasteiger partial charge in [0.2, 0.25) is 5.91 Å². The van der Waals surface area contributed by atoms with E-state index in [0.29, 0.717) is 11.4 Å². The maximum atomic E-state index is 12.5. The Morgan fingerprint density at radius 1 is 1.03 bits per heavy atom. The van der Waals surface area contributed by atoms with Crippen LogP contribution < -0.4 is 16.0 Å². The largest absolute Gasteiger partial charge is 0.383 e. The molecule has 3 N–H and O–H groups in total. The van der Waals surface area contributed by atoms with Crippen LogP contribution in [0.3, 0.4) is 0 Å². The molecular weight excluding hydrogens is 388 g/mol. The van der Waals surface area contributed by atoms with Crippen molar-refractivity contribution >= 4 is 23.2 Å². The van der Waals surface area contributed by atoms with Crippen molar-refractivity contribution in [2.24, 2.45) is 0 Å². The van der Waals surface area contributed by atoms with Crippen molar-refractivity contribution in [1.29, 1.82) is 5.26 Å². The first-order valence-corrected chi connectivity index (χ1v) is 10.7. The third-order valence-electron chi connectivity index (χ3n) is 5.44. The van der Waals surface area contributed by atoms with Gasteiger partial charge < -0.3 is 16.0 Å². The van der Waals surface area contributed by atoms with Crippen molar-refractivity contribution in [3.63, 3.8) is 0 Å². The van der Waals surface area contributed by atoms with Crippen molar-refractivity contribution < 1.29 is 9.59 Å². The minimum Gasteiger partial charge on any atom is -0.383 e. The van der Waals surface area contributed by atoms with E-state index in [4.69, 9.17) is 0 Å². The number of hydrogen-bond acceptors (Lipinski definition) is 4. The SMILES string of the molecule is CCC(N/C=C(/C#N)C(=O)Nc1ccc(NC(C)=O)cc1)c1ccc2c(c1)CCCC2. The number of hydrogen-bond donors (Lipinski definition) is 3. The van der Waals surface area contributed by atoms with Crippen molar-refractivity contribution in [3.8, 4) is 6.07 Å². The molecule has 3 rings (SSSR count). The molecule has 0 bridgehead atoms. The molecule has 1 atom stereocenters. The number of benzene rings is 2. The summed E-state index contributed by atoms with van der Waals surface area (Å²) < 4.78 is 0. The molecule has 0 saturated heterocycles. The monoisotopic (exact) mass is 416 g/mol. The first-order chi connectivity index (χ1) is 15.0. The van der Waals surface area contributed by atoms with Crippen LogP contribution in [0.1, 0.15) is 55.8 Å². The average molecular weight is 417 g/mol. The Hall–Kier alpha value is -3.59. The van der Waals surface area contributed by atoms with Gasteiger partial charge in [0, 0.05) is 24.5 Å². The van der Waals surface area contributed by atoms with Gasteiger partial charge >= 0.3 is 0 Å². The third kappa shape index (κ3) is 5.95. The quantitative estimate of drug-likeness (QED) is 0.454. The third-order valence-corrected chi connectivity index (χ3v) is 5.44. The van der Waals surface area contributed by atoms with E-state index < -0.39 is 5.91 Å². The maximum Gasteiger partial charge on any atom is 0.267 e. The highest BCUT2D eigenvalue weighted by molar-refractivity contribution is 6.06. The van der Waals surface area contributed by atoms with Crippen LogP contribution >= 0.6 is 0 Å². The Labute approximate surface area is 183 Å². The summed E-state index contributed by atoms with van der Waals surface area (Å²) in [6.45, 7) is 3.51. The lowest BCUT2D eigenvalue weighted by molar-refractivity contribution is -0.114. The molecule has 1 unspecified atom stereocenters. The van der Waals surface area contributed by atoms with Crippen molar-refractivity contribution in [2.75, 3.05) is 10.6 Å². The van der Waals surface area contributed by atoms with Crippen molar-refractivity contribution in [3.05, 3.63) is 70.9 Å². The zero-order chi connectivity index (χ0) is 22.2. The fraction of sp³-hybridized carbons (Fsp3) is 0.320. The number of nitrogens with one attached hydrogen (secondary N) is 3. The maximum absolute atomic E-state index is 12.5. The molecule has 31 heavy (non-hydrogen) atoms. The molecule has 1 aliphatic rings. The molecule has 2 aromatic carbocycles. The number of nitriles is 1. The van der Waals surface area contributed by atoms with Crippen LogP contribution in [0, 0.1) is 11.3 Å². The second kappa shape index (κ2) is 10.4. The van der Waals surface area contributed by atoms with Gasteiger partial charge in [-0.05, 0) is 73.1 Å². The van der Waals surface area contributed by atoms with E-state index in [1.807, 2.05) is 6.07 Å². The molecule has 0 fully saturated rings. The molecule has 0 aliphatic heterocycles. The first-order valence-electron chi connectivity index (χ1n) is 10.7. The zero-order valence-electron chi connectivity index (χ0n) is 18.0. The zero-order valence-corrected chi connectivity index (χ0v) is 18.0. The van der Waals surface area contributed by atoms with Crippen LogP contribution in [0.15, 0.2) is 54.2 Å². The summed E-state index contributed by atoms with van der Waals surface area (Å²) in [6, 6.07) is 15.3. The predicted molar refractivity (Wildman–Crippen MR) is 122 cm³/mol. The molecular formula is C25H28N4O2. The molecule has 0 radical (unpaired) electrons. The highest BCUT2D eigenvalue weighted by Gasteiger charge is 2.15. The Bertz CT molecular complexity index is 1020. The van der Waals surface area contributed by atoms with Gasteiger partial charge in [-0.2, -0.15) is 5.26 Å². The minimum absolute atomic E-state index is 0.00217. The van der Waals surface area contributed by atoms with Gasteiger partial charge in [-0.15, -0.1) is 0 Å². The molecule has 0 saturated carbocycles. The number of amides is 2. The van der Waals surface area contributed by atoms with Gasteiger partial charge in [0.1, 0.15) is 11.6 Å². The van der Waals surface area contributed by atoms with Gasteiger partial charge in [-0.25, -0.2) is 0 Å². The second-order valence-corrected chi connectivity index (χ2v) is 7.75. The summed E-state index contributed by atoms with van der Waals surface area (Å²) in [6.07, 6.45) is 7.06. The topological polar surface area (TPSA) is 94.0 Å². The Morgan fingerprint density at radius 2 is 1.68 bits per heavy atom. The van der Waals surface area contributed by atoms with Gasteiger partial charge in [0.05, 0.1) is 6.04 Å². The van der Waals surface area contributed by atoms with E-state index in [1.165, 1.54) is 42.7 Å². The van der Waals surface area contributed by atoms with Crippen LogP contribution in [0.2, 0.25) is 0 Å². The number of anilines is 2. The smallest absolute Gasteiger partial charge is 0.267 e. The van der Waals surface area contributed by atoms with Crippen LogP contribution in [-0.4, -0.2) is 11.8 Å². The number of carbonyl (C=O) groups is 2. The fourth-order valence-corrected chi connectivity index (χ4v) is 3.79. The molecule has 0 heterocycles. The number of aryl methyl sites for hydroxylation is 2. The molecule has 6 nitrogen and oxygen atoms in total. The predicted octanol–water partition coefficient (Wildman–Crippen LogP) is 4.61. The highest BCUT2D eigenvalue weighted by Crippen LogP contribution is 2.26. The van der Waals surface area contributed by atoms with E-state index in [9.17, 15) is 14.9 Å². The molecule has 6 heteroatoms. The number of rotatable bonds is 7. The van der Waals surface area contributed by atoms with Crippen molar-refractivity contribution in [2.45, 2.75) is 52.0 Å². The van der Waals surface area contributed by atoms with Crippen LogP contribution in [0.25, 0.3) is 0 Å². The molecule has 2 amide bonds. The molecule has 1 aliphatic carbocycles. The van der Waals surface area contributed by atoms with Crippen molar-refractivity contribution in [1.82, 2.24) is 5.32 Å². The first kappa shape index (κ1) is 22.1. The van der Waals surface area contributed by atoms with Gasteiger partial charge in [0.15, 0.2) is 0 Å². The average Bonchev–Trinajstić information content (AvgIpc) is 2.77. The summed E-state index contributed by atoms with van der Waals surface area (Å²) >= 11 is 0. The van der Waals surface area contributed by atoms with Crippen LogP contribution in [0.4, 0.5) is 11.4 Å². The normalized spacial score (nSPS) is 14.0. The minimum atomic E-state index is -0.484. The van der Waals surface area contributed by atoms with E-state index >= 15 is 0 Å². The number of carbonyl (C=O) groups excluding carboxylic acids is 2. The van der Waals surface area contributed by atoms with E-state index in [-0.39, 0.29) is 17.5 Å². The molecule has 160 valence electrons. The Morgan fingerprint density at radius 3 is 2.29 bits per heavy atom. The molecule has 0 aromatic heterocycles. The lowest BCUT2D eigenvalue weighted by Crippen LogP contribution is -2.20. The van der Waals surface area contributed by atoms with E-state index in [0.717, 1.165) is 19.3 Å². The second-order valence-electron chi connectivity index (χ2n) is 7.75. The van der Waals surface area contributed by atoms with Crippen LogP contribution in [-0.2, 0) is 22.4 Å². The number of nitrogens with zero attached hydrogens (tertiary/aromatic N) is 1.